The SMILES string of the molecule is CNS(=O)(=O)c1ccc(C)c(NC(C)c2cccnc2)c1. The minimum atomic E-state index is -3.44. The van der Waals surface area contributed by atoms with E-state index in [1.54, 1.807) is 30.6 Å². The van der Waals surface area contributed by atoms with Crippen molar-refractivity contribution in [2.24, 2.45) is 0 Å². The van der Waals surface area contributed by atoms with Crippen LogP contribution in [0.15, 0.2) is 47.6 Å². The van der Waals surface area contributed by atoms with Crippen molar-refractivity contribution >= 4 is 15.7 Å². The molecule has 1 atom stereocenters. The zero-order chi connectivity index (χ0) is 15.5. The molecule has 0 aliphatic heterocycles. The average molecular weight is 305 g/mol. The first-order valence-corrected chi connectivity index (χ1v) is 8.13. The Morgan fingerprint density at radius 2 is 2.00 bits per heavy atom. The van der Waals surface area contributed by atoms with Crippen LogP contribution in [0.2, 0.25) is 0 Å². The Morgan fingerprint density at radius 1 is 1.24 bits per heavy atom. The van der Waals surface area contributed by atoms with Crippen LogP contribution in [0.3, 0.4) is 0 Å². The van der Waals surface area contributed by atoms with Gasteiger partial charge in [0.05, 0.1) is 10.9 Å². The van der Waals surface area contributed by atoms with Gasteiger partial charge in [0.2, 0.25) is 10.0 Å². The quantitative estimate of drug-likeness (QED) is 0.890. The maximum Gasteiger partial charge on any atom is 0.240 e. The number of benzene rings is 1. The molecule has 0 aliphatic carbocycles. The van der Waals surface area contributed by atoms with Crippen molar-refractivity contribution in [3.8, 4) is 0 Å². The van der Waals surface area contributed by atoms with Crippen LogP contribution in [-0.2, 0) is 10.0 Å². The van der Waals surface area contributed by atoms with Gasteiger partial charge in [-0.15, -0.1) is 0 Å². The lowest BCUT2D eigenvalue weighted by Gasteiger charge is -2.18. The fourth-order valence-corrected chi connectivity index (χ4v) is 2.75. The fourth-order valence-electron chi connectivity index (χ4n) is 1.99. The molecule has 6 heteroatoms. The van der Waals surface area contributed by atoms with Crippen molar-refractivity contribution in [2.45, 2.75) is 24.8 Å². The van der Waals surface area contributed by atoms with Gasteiger partial charge in [-0.1, -0.05) is 12.1 Å². The van der Waals surface area contributed by atoms with E-state index in [0.717, 1.165) is 16.8 Å². The first kappa shape index (κ1) is 15.5. The summed E-state index contributed by atoms with van der Waals surface area (Å²) < 4.78 is 26.1. The third-order valence-corrected chi connectivity index (χ3v) is 4.76. The number of nitrogens with one attached hydrogen (secondary N) is 2. The Bertz CT molecular complexity index is 715. The number of aryl methyl sites for hydroxylation is 1. The highest BCUT2D eigenvalue weighted by Gasteiger charge is 2.14. The van der Waals surface area contributed by atoms with E-state index in [4.69, 9.17) is 0 Å². The van der Waals surface area contributed by atoms with Gasteiger partial charge >= 0.3 is 0 Å². The first-order chi connectivity index (χ1) is 9.94. The molecule has 0 saturated heterocycles. The molecule has 1 aromatic carbocycles. The van der Waals surface area contributed by atoms with E-state index in [-0.39, 0.29) is 10.9 Å². The zero-order valence-electron chi connectivity index (χ0n) is 12.3. The van der Waals surface area contributed by atoms with E-state index in [1.807, 2.05) is 26.0 Å². The smallest absolute Gasteiger partial charge is 0.240 e. The van der Waals surface area contributed by atoms with Crippen molar-refractivity contribution in [3.05, 3.63) is 53.9 Å². The summed E-state index contributed by atoms with van der Waals surface area (Å²) in [5, 5.41) is 3.33. The monoisotopic (exact) mass is 305 g/mol. The van der Waals surface area contributed by atoms with Gasteiger partial charge in [0.15, 0.2) is 0 Å². The second kappa shape index (κ2) is 6.24. The van der Waals surface area contributed by atoms with Crippen LogP contribution in [0.4, 0.5) is 5.69 Å². The van der Waals surface area contributed by atoms with Crippen LogP contribution < -0.4 is 10.0 Å². The summed E-state index contributed by atoms with van der Waals surface area (Å²) in [4.78, 5) is 4.34. The number of nitrogens with zero attached hydrogens (tertiary/aromatic N) is 1. The molecule has 0 saturated carbocycles. The fraction of sp³-hybridized carbons (Fsp3) is 0.267. The topological polar surface area (TPSA) is 71.1 Å². The van der Waals surface area contributed by atoms with Crippen molar-refractivity contribution in [1.82, 2.24) is 9.71 Å². The van der Waals surface area contributed by atoms with Crippen LogP contribution >= 0.6 is 0 Å². The van der Waals surface area contributed by atoms with E-state index in [0.29, 0.717) is 0 Å². The lowest BCUT2D eigenvalue weighted by Crippen LogP contribution is -2.19. The second-order valence-corrected chi connectivity index (χ2v) is 6.72. The van der Waals surface area contributed by atoms with Crippen LogP contribution in [0.5, 0.6) is 0 Å². The van der Waals surface area contributed by atoms with E-state index >= 15 is 0 Å². The summed E-state index contributed by atoms with van der Waals surface area (Å²) >= 11 is 0. The number of anilines is 1. The Hall–Kier alpha value is -1.92. The van der Waals surface area contributed by atoms with Gasteiger partial charge in [0.25, 0.3) is 0 Å². The van der Waals surface area contributed by atoms with Crippen molar-refractivity contribution in [2.75, 3.05) is 12.4 Å². The molecule has 0 radical (unpaired) electrons. The molecule has 2 rings (SSSR count). The molecular weight excluding hydrogens is 286 g/mol. The summed E-state index contributed by atoms with van der Waals surface area (Å²) in [5.41, 5.74) is 2.82. The molecule has 112 valence electrons. The molecule has 0 spiro atoms. The normalized spacial score (nSPS) is 12.9. The Balaban J connectivity index is 2.30. The van der Waals surface area contributed by atoms with Gasteiger partial charge in [-0.3, -0.25) is 4.98 Å². The van der Waals surface area contributed by atoms with Gasteiger partial charge in [-0.25, -0.2) is 13.1 Å². The maximum atomic E-state index is 11.9. The molecule has 21 heavy (non-hydrogen) atoms. The summed E-state index contributed by atoms with van der Waals surface area (Å²) in [6.07, 6.45) is 3.52. The first-order valence-electron chi connectivity index (χ1n) is 6.64. The third kappa shape index (κ3) is 3.59. The third-order valence-electron chi connectivity index (χ3n) is 3.34. The minimum absolute atomic E-state index is 0.0324. The minimum Gasteiger partial charge on any atom is -0.378 e. The highest BCUT2D eigenvalue weighted by molar-refractivity contribution is 7.89. The molecule has 5 nitrogen and oxygen atoms in total. The van der Waals surface area contributed by atoms with Gasteiger partial charge < -0.3 is 5.32 Å². The molecule has 2 N–H and O–H groups in total. The Kier molecular flexibility index (Phi) is 4.59. The Labute approximate surface area is 125 Å². The summed E-state index contributed by atoms with van der Waals surface area (Å²) in [5.74, 6) is 0. The molecule has 0 amide bonds. The second-order valence-electron chi connectivity index (χ2n) is 4.84. The number of rotatable bonds is 5. The molecule has 0 aliphatic rings. The molecule has 0 bridgehead atoms. The van der Waals surface area contributed by atoms with Crippen molar-refractivity contribution in [3.63, 3.8) is 0 Å². The lowest BCUT2D eigenvalue weighted by atomic mass is 10.1. The van der Waals surface area contributed by atoms with Gasteiger partial charge in [0, 0.05) is 18.1 Å². The van der Waals surface area contributed by atoms with Gasteiger partial charge in [-0.05, 0) is 50.2 Å². The summed E-state index contributed by atoms with van der Waals surface area (Å²) in [6.45, 7) is 3.95. The van der Waals surface area contributed by atoms with Gasteiger partial charge in [-0.2, -0.15) is 0 Å². The van der Waals surface area contributed by atoms with E-state index in [9.17, 15) is 8.42 Å². The number of hydrogen-bond donors (Lipinski definition) is 2. The van der Waals surface area contributed by atoms with E-state index < -0.39 is 10.0 Å². The number of pyridine rings is 1. The molecule has 1 unspecified atom stereocenters. The predicted molar refractivity (Wildman–Crippen MR) is 83.7 cm³/mol. The predicted octanol–water partition coefficient (Wildman–Crippen LogP) is 2.47. The highest BCUT2D eigenvalue weighted by atomic mass is 32.2. The van der Waals surface area contributed by atoms with Crippen LogP contribution in [0.1, 0.15) is 24.1 Å². The summed E-state index contributed by atoms with van der Waals surface area (Å²) in [7, 11) is -2.04. The molecule has 2 aromatic rings. The maximum absolute atomic E-state index is 11.9. The Morgan fingerprint density at radius 3 is 2.62 bits per heavy atom. The number of hydrogen-bond acceptors (Lipinski definition) is 4. The van der Waals surface area contributed by atoms with Crippen LogP contribution in [-0.4, -0.2) is 20.4 Å². The van der Waals surface area contributed by atoms with E-state index in [2.05, 4.69) is 15.0 Å². The molecule has 1 heterocycles. The summed E-state index contributed by atoms with van der Waals surface area (Å²) in [6, 6.07) is 8.93. The molecule has 1 aromatic heterocycles. The van der Waals surface area contributed by atoms with Gasteiger partial charge in [0.1, 0.15) is 0 Å². The average Bonchev–Trinajstić information content (AvgIpc) is 2.50. The largest absolute Gasteiger partial charge is 0.378 e. The van der Waals surface area contributed by atoms with Crippen LogP contribution in [0, 0.1) is 6.92 Å². The number of aromatic nitrogens is 1. The zero-order valence-corrected chi connectivity index (χ0v) is 13.1. The van der Waals surface area contributed by atoms with E-state index in [1.165, 1.54) is 7.05 Å². The standard InChI is InChI=1S/C15H19N3O2S/c1-11-6-7-14(21(19,20)16-3)9-15(11)18-12(2)13-5-4-8-17-10-13/h4-10,12,16,18H,1-3H3. The lowest BCUT2D eigenvalue weighted by molar-refractivity contribution is 0.588. The number of sulfonamides is 1. The van der Waals surface area contributed by atoms with Crippen molar-refractivity contribution < 1.29 is 8.42 Å². The highest BCUT2D eigenvalue weighted by Crippen LogP contribution is 2.24. The molecular formula is C15H19N3O2S. The van der Waals surface area contributed by atoms with Crippen molar-refractivity contribution in [1.29, 1.82) is 0 Å². The van der Waals surface area contributed by atoms with Crippen LogP contribution in [0.25, 0.3) is 0 Å². The molecule has 0 fully saturated rings.